The van der Waals surface area contributed by atoms with E-state index >= 15 is 0 Å². The van der Waals surface area contributed by atoms with Gasteiger partial charge in [-0.15, -0.1) is 0 Å². The molecular weight excluding hydrogens is 208 g/mol. The average molecular weight is 236 g/mol. The van der Waals surface area contributed by atoms with Crippen molar-refractivity contribution in [2.24, 2.45) is 5.92 Å². The van der Waals surface area contributed by atoms with E-state index < -0.39 is 0 Å². The minimum absolute atomic E-state index is 0.891. The maximum Gasteiger partial charge on any atom is 0.00953 e. The predicted octanol–water partition coefficient (Wildman–Crippen LogP) is 2.78. The van der Waals surface area contributed by atoms with Crippen molar-refractivity contribution in [2.45, 2.75) is 69.9 Å². The monoisotopic (exact) mass is 236 g/mol. The fraction of sp³-hybridized carbons (Fsp3) is 1.00. The van der Waals surface area contributed by atoms with Crippen molar-refractivity contribution in [1.82, 2.24) is 10.2 Å². The second-order valence-electron chi connectivity index (χ2n) is 6.48. The van der Waals surface area contributed by atoms with Crippen LogP contribution in [-0.2, 0) is 0 Å². The van der Waals surface area contributed by atoms with Crippen LogP contribution in [0.15, 0.2) is 0 Å². The molecule has 0 bridgehead atoms. The molecule has 3 rings (SSSR count). The average Bonchev–Trinajstić information content (AvgIpc) is 3.12. The molecule has 0 spiro atoms. The molecule has 1 saturated heterocycles. The molecule has 1 atom stereocenters. The second-order valence-corrected chi connectivity index (χ2v) is 6.48. The molecule has 1 N–H and O–H groups in total. The Morgan fingerprint density at radius 3 is 2.35 bits per heavy atom. The molecule has 2 heteroatoms. The van der Waals surface area contributed by atoms with E-state index in [-0.39, 0.29) is 0 Å². The number of hydrogen-bond acceptors (Lipinski definition) is 2. The molecule has 98 valence electrons. The van der Waals surface area contributed by atoms with E-state index in [0.29, 0.717) is 0 Å². The first-order chi connectivity index (χ1) is 8.42. The van der Waals surface area contributed by atoms with Gasteiger partial charge in [0.2, 0.25) is 0 Å². The van der Waals surface area contributed by atoms with Crippen molar-refractivity contribution < 1.29 is 0 Å². The standard InChI is InChI=1S/C15H28N2/c1-2-4-6-15(5-3-1)17-10-9-13(12-17)11-16-14-7-8-14/h13-16H,1-12H2. The molecule has 0 aromatic heterocycles. The predicted molar refractivity (Wildman–Crippen MR) is 72.2 cm³/mol. The molecule has 0 radical (unpaired) electrons. The minimum atomic E-state index is 0.891. The Morgan fingerprint density at radius 2 is 1.65 bits per heavy atom. The summed E-state index contributed by atoms with van der Waals surface area (Å²) in [6.07, 6.45) is 13.2. The largest absolute Gasteiger partial charge is 0.314 e. The zero-order valence-electron chi connectivity index (χ0n) is 11.2. The molecule has 1 heterocycles. The van der Waals surface area contributed by atoms with Crippen LogP contribution in [0.1, 0.15) is 57.8 Å². The van der Waals surface area contributed by atoms with Gasteiger partial charge in [0.25, 0.3) is 0 Å². The van der Waals surface area contributed by atoms with Gasteiger partial charge in [0.15, 0.2) is 0 Å². The van der Waals surface area contributed by atoms with Crippen molar-refractivity contribution in [1.29, 1.82) is 0 Å². The van der Waals surface area contributed by atoms with Crippen LogP contribution in [0.2, 0.25) is 0 Å². The molecule has 1 aliphatic heterocycles. The lowest BCUT2D eigenvalue weighted by molar-refractivity contribution is 0.212. The van der Waals surface area contributed by atoms with Crippen LogP contribution in [0.5, 0.6) is 0 Å². The van der Waals surface area contributed by atoms with Gasteiger partial charge in [-0.25, -0.2) is 0 Å². The van der Waals surface area contributed by atoms with Crippen LogP contribution >= 0.6 is 0 Å². The van der Waals surface area contributed by atoms with Crippen LogP contribution in [0.4, 0.5) is 0 Å². The van der Waals surface area contributed by atoms with E-state index in [9.17, 15) is 0 Å². The Hall–Kier alpha value is -0.0800. The van der Waals surface area contributed by atoms with E-state index in [1.165, 1.54) is 77.4 Å². The summed E-state index contributed by atoms with van der Waals surface area (Å²) in [5.74, 6) is 0.943. The summed E-state index contributed by atoms with van der Waals surface area (Å²) >= 11 is 0. The lowest BCUT2D eigenvalue weighted by Gasteiger charge is -2.26. The molecule has 17 heavy (non-hydrogen) atoms. The van der Waals surface area contributed by atoms with Gasteiger partial charge in [-0.1, -0.05) is 25.7 Å². The summed E-state index contributed by atoms with van der Waals surface area (Å²) < 4.78 is 0. The Morgan fingerprint density at radius 1 is 0.882 bits per heavy atom. The van der Waals surface area contributed by atoms with Crippen molar-refractivity contribution >= 4 is 0 Å². The van der Waals surface area contributed by atoms with E-state index in [2.05, 4.69) is 10.2 Å². The SMILES string of the molecule is C1CCCC(N2CCC(CNC3CC3)C2)CC1. The third-order valence-electron chi connectivity index (χ3n) is 4.93. The minimum Gasteiger partial charge on any atom is -0.314 e. The summed E-state index contributed by atoms with van der Waals surface area (Å²) in [7, 11) is 0. The van der Waals surface area contributed by atoms with Crippen LogP contribution in [-0.4, -0.2) is 36.6 Å². The van der Waals surface area contributed by atoms with Gasteiger partial charge in [0, 0.05) is 18.6 Å². The highest BCUT2D eigenvalue weighted by atomic mass is 15.2. The number of nitrogens with zero attached hydrogens (tertiary/aromatic N) is 1. The quantitative estimate of drug-likeness (QED) is 0.755. The maximum atomic E-state index is 3.71. The Labute approximate surface area is 106 Å². The topological polar surface area (TPSA) is 15.3 Å². The second kappa shape index (κ2) is 5.71. The molecule has 1 unspecified atom stereocenters. The Balaban J connectivity index is 1.41. The zero-order chi connectivity index (χ0) is 11.5. The number of hydrogen-bond donors (Lipinski definition) is 1. The van der Waals surface area contributed by atoms with Crippen molar-refractivity contribution in [3.05, 3.63) is 0 Å². The maximum absolute atomic E-state index is 3.71. The molecule has 0 amide bonds. The van der Waals surface area contributed by atoms with Gasteiger partial charge in [-0.3, -0.25) is 0 Å². The van der Waals surface area contributed by atoms with Crippen LogP contribution in [0, 0.1) is 5.92 Å². The van der Waals surface area contributed by atoms with Gasteiger partial charge < -0.3 is 10.2 Å². The summed E-state index contributed by atoms with van der Waals surface area (Å²) in [6, 6.07) is 1.82. The Bertz CT molecular complexity index is 229. The molecule has 3 aliphatic rings. The molecule has 2 saturated carbocycles. The third-order valence-corrected chi connectivity index (χ3v) is 4.93. The van der Waals surface area contributed by atoms with Gasteiger partial charge >= 0.3 is 0 Å². The van der Waals surface area contributed by atoms with E-state index in [4.69, 9.17) is 0 Å². The van der Waals surface area contributed by atoms with Gasteiger partial charge in [0.05, 0.1) is 0 Å². The van der Waals surface area contributed by atoms with Crippen molar-refractivity contribution in [3.8, 4) is 0 Å². The first-order valence-electron chi connectivity index (χ1n) is 7.89. The third kappa shape index (κ3) is 3.45. The first-order valence-corrected chi connectivity index (χ1v) is 7.89. The molecule has 2 nitrogen and oxygen atoms in total. The molecular formula is C15H28N2. The highest BCUT2D eigenvalue weighted by Gasteiger charge is 2.29. The van der Waals surface area contributed by atoms with E-state index in [1.807, 2.05) is 0 Å². The van der Waals surface area contributed by atoms with Gasteiger partial charge in [-0.05, 0) is 51.1 Å². The fourth-order valence-electron chi connectivity index (χ4n) is 3.60. The first kappa shape index (κ1) is 12.0. The van der Waals surface area contributed by atoms with Crippen LogP contribution < -0.4 is 5.32 Å². The smallest absolute Gasteiger partial charge is 0.00953 e. The lowest BCUT2D eigenvalue weighted by Crippen LogP contribution is -2.34. The van der Waals surface area contributed by atoms with E-state index in [1.54, 1.807) is 0 Å². The molecule has 2 aliphatic carbocycles. The van der Waals surface area contributed by atoms with Crippen LogP contribution in [0.3, 0.4) is 0 Å². The summed E-state index contributed by atoms with van der Waals surface area (Å²) in [4.78, 5) is 2.81. The normalized spacial score (nSPS) is 32.8. The fourth-order valence-corrected chi connectivity index (χ4v) is 3.60. The van der Waals surface area contributed by atoms with Crippen LogP contribution in [0.25, 0.3) is 0 Å². The number of nitrogens with one attached hydrogen (secondary N) is 1. The molecule has 3 fully saturated rings. The van der Waals surface area contributed by atoms with Crippen molar-refractivity contribution in [2.75, 3.05) is 19.6 Å². The van der Waals surface area contributed by atoms with Crippen molar-refractivity contribution in [3.63, 3.8) is 0 Å². The van der Waals surface area contributed by atoms with Gasteiger partial charge in [-0.2, -0.15) is 0 Å². The molecule has 0 aromatic rings. The van der Waals surface area contributed by atoms with Gasteiger partial charge in [0.1, 0.15) is 0 Å². The lowest BCUT2D eigenvalue weighted by atomic mass is 10.1. The molecule has 0 aromatic carbocycles. The summed E-state index contributed by atoms with van der Waals surface area (Å²) in [6.45, 7) is 4.04. The Kier molecular flexibility index (Phi) is 4.02. The highest BCUT2D eigenvalue weighted by molar-refractivity contribution is 4.87. The summed E-state index contributed by atoms with van der Waals surface area (Å²) in [5.41, 5.74) is 0. The summed E-state index contributed by atoms with van der Waals surface area (Å²) in [5, 5.41) is 3.71. The number of likely N-dealkylation sites (tertiary alicyclic amines) is 1. The zero-order valence-corrected chi connectivity index (χ0v) is 11.2. The number of rotatable bonds is 4. The van der Waals surface area contributed by atoms with E-state index in [0.717, 1.165) is 18.0 Å². The highest BCUT2D eigenvalue weighted by Crippen LogP contribution is 2.27.